The summed E-state index contributed by atoms with van der Waals surface area (Å²) in [6, 6.07) is 33.3. The van der Waals surface area contributed by atoms with Gasteiger partial charge in [0.15, 0.2) is 0 Å². The second-order valence-electron chi connectivity index (χ2n) is 11.0. The highest BCUT2D eigenvalue weighted by atomic mass is 16.5. The van der Waals surface area contributed by atoms with Gasteiger partial charge in [-0.05, 0) is 58.4 Å². The van der Waals surface area contributed by atoms with Crippen LogP contribution in [0.1, 0.15) is 47.4 Å². The molecule has 42 heavy (non-hydrogen) atoms. The zero-order chi connectivity index (χ0) is 29.1. The second-order valence-corrected chi connectivity index (χ2v) is 11.0. The first kappa shape index (κ1) is 27.3. The van der Waals surface area contributed by atoms with Crippen LogP contribution < -0.4 is 5.32 Å². The smallest absolute Gasteiger partial charge is 0.411 e. The number of carboxylic acids is 1. The normalized spacial score (nSPS) is 14.4. The molecule has 4 aromatic rings. The number of carbonyl (C=O) groups is 3. The number of benzene rings is 4. The van der Waals surface area contributed by atoms with E-state index in [1.165, 1.54) is 11.1 Å². The zero-order valence-electron chi connectivity index (χ0n) is 23.2. The predicted molar refractivity (Wildman–Crippen MR) is 160 cm³/mol. The van der Waals surface area contributed by atoms with E-state index in [1.807, 2.05) is 66.7 Å². The van der Waals surface area contributed by atoms with Crippen LogP contribution in [-0.4, -0.2) is 41.1 Å². The van der Waals surface area contributed by atoms with E-state index in [0.717, 1.165) is 22.3 Å². The molecule has 0 spiro atoms. The molecule has 4 aromatic carbocycles. The van der Waals surface area contributed by atoms with E-state index in [9.17, 15) is 19.5 Å². The second kappa shape index (κ2) is 11.5. The quantitative estimate of drug-likeness (QED) is 0.228. The van der Waals surface area contributed by atoms with Crippen molar-refractivity contribution >= 4 is 23.7 Å². The number of amides is 2. The molecule has 2 N–H and O–H groups in total. The first-order valence-corrected chi connectivity index (χ1v) is 14.2. The van der Waals surface area contributed by atoms with Crippen molar-refractivity contribution in [1.82, 2.24) is 4.90 Å². The Balaban J connectivity index is 1.10. The first-order chi connectivity index (χ1) is 20.4. The molecule has 0 aromatic heterocycles. The van der Waals surface area contributed by atoms with Crippen LogP contribution in [0.5, 0.6) is 0 Å². The molecule has 1 saturated carbocycles. The van der Waals surface area contributed by atoms with Gasteiger partial charge in [-0.1, -0.05) is 91.0 Å². The molecule has 0 radical (unpaired) electrons. The Morgan fingerprint density at radius 2 is 1.40 bits per heavy atom. The van der Waals surface area contributed by atoms with Crippen LogP contribution in [0.15, 0.2) is 103 Å². The third-order valence-electron chi connectivity index (χ3n) is 8.29. The van der Waals surface area contributed by atoms with Crippen molar-refractivity contribution in [1.29, 1.82) is 0 Å². The third kappa shape index (κ3) is 5.50. The number of fused-ring (bicyclic) bond motifs is 3. The zero-order valence-corrected chi connectivity index (χ0v) is 23.2. The maximum absolute atomic E-state index is 13.7. The molecular weight excluding hydrogens is 528 g/mol. The molecule has 0 bridgehead atoms. The molecule has 2 aliphatic rings. The molecular formula is C35H32N2O5. The van der Waals surface area contributed by atoms with Crippen molar-refractivity contribution in [3.63, 3.8) is 0 Å². The highest BCUT2D eigenvalue weighted by Gasteiger charge is 2.53. The van der Waals surface area contributed by atoms with Crippen LogP contribution in [0.2, 0.25) is 0 Å². The van der Waals surface area contributed by atoms with Gasteiger partial charge in [-0.25, -0.2) is 4.79 Å². The molecule has 0 atom stereocenters. The number of nitrogens with zero attached hydrogens (tertiary/aromatic N) is 1. The molecule has 212 valence electrons. The lowest BCUT2D eigenvalue weighted by molar-refractivity contribution is -0.139. The Kier molecular flexibility index (Phi) is 7.48. The summed E-state index contributed by atoms with van der Waals surface area (Å²) >= 11 is 0. The number of anilines is 1. The highest BCUT2D eigenvalue weighted by Crippen LogP contribution is 2.50. The summed E-state index contributed by atoms with van der Waals surface area (Å²) in [4.78, 5) is 39.4. The molecule has 0 aliphatic heterocycles. The van der Waals surface area contributed by atoms with Crippen molar-refractivity contribution in [3.05, 3.63) is 125 Å². The fourth-order valence-electron chi connectivity index (χ4n) is 5.97. The van der Waals surface area contributed by atoms with Gasteiger partial charge in [0, 0.05) is 24.7 Å². The van der Waals surface area contributed by atoms with Gasteiger partial charge < -0.3 is 14.7 Å². The lowest BCUT2D eigenvalue weighted by atomic mass is 9.93. The van der Waals surface area contributed by atoms with Gasteiger partial charge in [-0.2, -0.15) is 0 Å². The third-order valence-corrected chi connectivity index (χ3v) is 8.29. The lowest BCUT2D eigenvalue weighted by Crippen LogP contribution is -2.40. The Morgan fingerprint density at radius 1 is 0.810 bits per heavy atom. The fraction of sp³-hybridized carbons (Fsp3) is 0.229. The molecule has 0 unspecified atom stereocenters. The molecule has 7 heteroatoms. The van der Waals surface area contributed by atoms with Crippen LogP contribution in [-0.2, 0) is 26.3 Å². The maximum Gasteiger partial charge on any atom is 0.411 e. The average molecular weight is 561 g/mol. The molecule has 6 rings (SSSR count). The van der Waals surface area contributed by atoms with Gasteiger partial charge in [0.2, 0.25) is 5.91 Å². The van der Waals surface area contributed by atoms with E-state index in [1.54, 1.807) is 17.0 Å². The van der Waals surface area contributed by atoms with E-state index in [2.05, 4.69) is 29.6 Å². The summed E-state index contributed by atoms with van der Waals surface area (Å²) in [7, 11) is 0. The molecule has 7 nitrogen and oxygen atoms in total. The summed E-state index contributed by atoms with van der Waals surface area (Å²) in [5.41, 5.74) is 6.37. The summed E-state index contributed by atoms with van der Waals surface area (Å²) in [6.07, 6.45) is 0.745. The Hall–Kier alpha value is -4.91. The topological polar surface area (TPSA) is 95.9 Å². The van der Waals surface area contributed by atoms with E-state index >= 15 is 0 Å². The van der Waals surface area contributed by atoms with Gasteiger partial charge in [-0.3, -0.25) is 14.9 Å². The summed E-state index contributed by atoms with van der Waals surface area (Å²) in [5, 5.41) is 12.1. The van der Waals surface area contributed by atoms with Crippen LogP contribution in [0.3, 0.4) is 0 Å². The molecule has 0 saturated heterocycles. The van der Waals surface area contributed by atoms with Crippen LogP contribution in [0.4, 0.5) is 10.5 Å². The van der Waals surface area contributed by atoms with Crippen LogP contribution >= 0.6 is 0 Å². The molecule has 1 fully saturated rings. The minimum Gasteiger partial charge on any atom is -0.481 e. The lowest BCUT2D eigenvalue weighted by Gasteiger charge is -2.27. The first-order valence-electron chi connectivity index (χ1n) is 14.2. The summed E-state index contributed by atoms with van der Waals surface area (Å²) in [6.45, 7) is 0.728. The van der Waals surface area contributed by atoms with Crippen molar-refractivity contribution in [3.8, 4) is 11.1 Å². The van der Waals surface area contributed by atoms with Crippen LogP contribution in [0, 0.1) is 0 Å². The minimum atomic E-state index is -0.936. The summed E-state index contributed by atoms with van der Waals surface area (Å²) < 4.78 is 5.67. The van der Waals surface area contributed by atoms with E-state index < -0.39 is 17.5 Å². The number of carbonyl (C=O) groups excluding carboxylic acids is 2. The maximum atomic E-state index is 13.7. The minimum absolute atomic E-state index is 0.0220. The molecule has 0 heterocycles. The number of rotatable bonds is 10. The Labute approximate surface area is 244 Å². The number of nitrogens with one attached hydrogen (secondary N) is 1. The van der Waals surface area contributed by atoms with Gasteiger partial charge in [0.25, 0.3) is 0 Å². The Morgan fingerprint density at radius 3 is 2.00 bits per heavy atom. The van der Waals surface area contributed by atoms with Gasteiger partial charge in [-0.15, -0.1) is 0 Å². The fourth-order valence-corrected chi connectivity index (χ4v) is 5.97. The van der Waals surface area contributed by atoms with E-state index in [0.29, 0.717) is 25.1 Å². The van der Waals surface area contributed by atoms with E-state index in [4.69, 9.17) is 4.74 Å². The summed E-state index contributed by atoms with van der Waals surface area (Å²) in [5.74, 6) is -1.02. The number of hydrogen-bond acceptors (Lipinski definition) is 4. The largest absolute Gasteiger partial charge is 0.481 e. The van der Waals surface area contributed by atoms with Crippen molar-refractivity contribution in [2.24, 2.45) is 0 Å². The van der Waals surface area contributed by atoms with E-state index in [-0.39, 0.29) is 31.4 Å². The highest BCUT2D eigenvalue weighted by molar-refractivity contribution is 5.92. The number of carboxylic acid groups (broad SMARTS) is 1. The molecule has 2 amide bonds. The van der Waals surface area contributed by atoms with Gasteiger partial charge in [0.05, 0.1) is 11.8 Å². The van der Waals surface area contributed by atoms with Gasteiger partial charge >= 0.3 is 12.1 Å². The van der Waals surface area contributed by atoms with Crippen molar-refractivity contribution < 1.29 is 24.2 Å². The predicted octanol–water partition coefficient (Wildman–Crippen LogP) is 6.58. The SMILES string of the molecule is O=C(O)CCN(Cc1ccccc1)C(=O)C1(c2ccc(NC(=O)OCC3c4ccccc4-c4ccccc43)cc2)CC1. The van der Waals surface area contributed by atoms with Gasteiger partial charge in [0.1, 0.15) is 6.61 Å². The number of hydrogen-bond donors (Lipinski definition) is 2. The number of ether oxygens (including phenoxy) is 1. The molecule has 2 aliphatic carbocycles. The van der Waals surface area contributed by atoms with Crippen LogP contribution in [0.25, 0.3) is 11.1 Å². The standard InChI is InChI=1S/C35H32N2O5/c38-32(39)18-21-37(22-24-8-2-1-3-9-24)33(40)35(19-20-35)25-14-16-26(17-15-25)36-34(41)42-23-31-29-12-6-4-10-27(29)28-11-5-7-13-30(28)31/h1-17,31H,18-23H2,(H,36,41)(H,38,39). The van der Waals surface area contributed by atoms with Crippen molar-refractivity contribution in [2.75, 3.05) is 18.5 Å². The van der Waals surface area contributed by atoms with Crippen molar-refractivity contribution in [2.45, 2.75) is 37.1 Å². The average Bonchev–Trinajstić information content (AvgIpc) is 3.76. The number of aliphatic carboxylic acids is 1. The monoisotopic (exact) mass is 560 g/mol. The Bertz CT molecular complexity index is 1570.